The molecule has 0 atom stereocenters. The van der Waals surface area contributed by atoms with Crippen molar-refractivity contribution >= 4 is 17.0 Å². The lowest BCUT2D eigenvalue weighted by Crippen LogP contribution is -2.13. The molecular formula is C14H16N2O2. The zero-order chi connectivity index (χ0) is 12.5. The SMILES string of the molecule is COC(=O)Cc1c2n(c3ncccc13)CCCC2. The largest absolute Gasteiger partial charge is 0.469 e. The quantitative estimate of drug-likeness (QED) is 0.760. The molecule has 3 rings (SSSR count). The minimum atomic E-state index is -0.181. The van der Waals surface area contributed by atoms with Gasteiger partial charge >= 0.3 is 5.97 Å². The summed E-state index contributed by atoms with van der Waals surface area (Å²) >= 11 is 0. The molecule has 0 aromatic carbocycles. The van der Waals surface area contributed by atoms with Crippen molar-refractivity contribution in [3.05, 3.63) is 29.6 Å². The number of fused-ring (bicyclic) bond motifs is 3. The molecule has 0 aliphatic carbocycles. The first-order valence-electron chi connectivity index (χ1n) is 6.33. The molecule has 0 saturated carbocycles. The Balaban J connectivity index is 2.19. The summed E-state index contributed by atoms with van der Waals surface area (Å²) in [4.78, 5) is 16.0. The Morgan fingerprint density at radius 3 is 3.22 bits per heavy atom. The third kappa shape index (κ3) is 1.68. The highest BCUT2D eigenvalue weighted by Gasteiger charge is 2.21. The summed E-state index contributed by atoms with van der Waals surface area (Å²) < 4.78 is 7.06. The molecular weight excluding hydrogens is 228 g/mol. The second kappa shape index (κ2) is 4.44. The van der Waals surface area contributed by atoms with Crippen molar-refractivity contribution in [2.45, 2.75) is 32.2 Å². The van der Waals surface area contributed by atoms with Crippen molar-refractivity contribution in [1.29, 1.82) is 0 Å². The summed E-state index contributed by atoms with van der Waals surface area (Å²) in [6.07, 6.45) is 5.56. The number of rotatable bonds is 2. The van der Waals surface area contributed by atoms with Crippen molar-refractivity contribution < 1.29 is 9.53 Å². The molecule has 2 aromatic rings. The maximum atomic E-state index is 11.6. The summed E-state index contributed by atoms with van der Waals surface area (Å²) in [5.74, 6) is -0.181. The number of methoxy groups -OCH3 is 1. The molecule has 0 saturated heterocycles. The molecule has 0 unspecified atom stereocenters. The Kier molecular flexibility index (Phi) is 2.78. The van der Waals surface area contributed by atoms with Crippen LogP contribution in [-0.2, 0) is 28.9 Å². The highest BCUT2D eigenvalue weighted by molar-refractivity contribution is 5.87. The lowest BCUT2D eigenvalue weighted by Gasteiger charge is -2.16. The molecule has 0 radical (unpaired) electrons. The molecule has 4 nitrogen and oxygen atoms in total. The van der Waals surface area contributed by atoms with Gasteiger partial charge in [-0.3, -0.25) is 4.79 Å². The molecule has 1 aliphatic heterocycles. The van der Waals surface area contributed by atoms with Gasteiger partial charge in [-0.15, -0.1) is 0 Å². The van der Waals surface area contributed by atoms with Gasteiger partial charge < -0.3 is 9.30 Å². The number of carbonyl (C=O) groups excluding carboxylic acids is 1. The summed E-state index contributed by atoms with van der Waals surface area (Å²) in [5, 5.41) is 1.10. The minimum absolute atomic E-state index is 0.181. The number of pyridine rings is 1. The van der Waals surface area contributed by atoms with E-state index in [1.807, 2.05) is 18.3 Å². The average Bonchev–Trinajstić information content (AvgIpc) is 2.74. The van der Waals surface area contributed by atoms with E-state index in [1.165, 1.54) is 25.6 Å². The van der Waals surface area contributed by atoms with Gasteiger partial charge in [-0.05, 0) is 37.0 Å². The van der Waals surface area contributed by atoms with E-state index in [4.69, 9.17) is 4.74 Å². The van der Waals surface area contributed by atoms with Crippen LogP contribution in [0.25, 0.3) is 11.0 Å². The number of carbonyl (C=O) groups is 1. The molecule has 0 fully saturated rings. The van der Waals surface area contributed by atoms with Crippen LogP contribution in [0, 0.1) is 0 Å². The Hall–Kier alpha value is -1.84. The fourth-order valence-electron chi connectivity index (χ4n) is 2.80. The lowest BCUT2D eigenvalue weighted by atomic mass is 10.0. The van der Waals surface area contributed by atoms with Crippen LogP contribution in [0.3, 0.4) is 0 Å². The average molecular weight is 244 g/mol. The van der Waals surface area contributed by atoms with Gasteiger partial charge in [0.2, 0.25) is 0 Å². The summed E-state index contributed by atoms with van der Waals surface area (Å²) in [6.45, 7) is 1.00. The second-order valence-corrected chi connectivity index (χ2v) is 4.66. The van der Waals surface area contributed by atoms with Crippen LogP contribution < -0.4 is 0 Å². The van der Waals surface area contributed by atoms with Crippen molar-refractivity contribution in [2.24, 2.45) is 0 Å². The normalized spacial score (nSPS) is 14.5. The number of aryl methyl sites for hydroxylation is 1. The molecule has 1 aliphatic rings. The Morgan fingerprint density at radius 1 is 1.50 bits per heavy atom. The molecule has 0 spiro atoms. The lowest BCUT2D eigenvalue weighted by molar-refractivity contribution is -0.139. The first-order valence-corrected chi connectivity index (χ1v) is 6.33. The summed E-state index contributed by atoms with van der Waals surface area (Å²) in [7, 11) is 1.44. The number of aromatic nitrogens is 2. The highest BCUT2D eigenvalue weighted by Crippen LogP contribution is 2.29. The third-order valence-corrected chi connectivity index (χ3v) is 3.64. The molecule has 0 amide bonds. The standard InChI is InChI=1S/C14H16N2O2/c1-18-13(17)9-11-10-5-4-7-15-14(10)16-8-3-2-6-12(11)16/h4-5,7H,2-3,6,8-9H2,1H3. The predicted octanol–water partition coefficient (Wildman–Crippen LogP) is 2.09. The first kappa shape index (κ1) is 11.3. The van der Waals surface area contributed by atoms with Crippen LogP contribution in [0.2, 0.25) is 0 Å². The summed E-state index contributed by atoms with van der Waals surface area (Å²) in [5.41, 5.74) is 3.37. The maximum absolute atomic E-state index is 11.6. The van der Waals surface area contributed by atoms with Gasteiger partial charge in [-0.1, -0.05) is 0 Å². The van der Waals surface area contributed by atoms with Crippen LogP contribution in [0.5, 0.6) is 0 Å². The van der Waals surface area contributed by atoms with Crippen LogP contribution >= 0.6 is 0 Å². The van der Waals surface area contributed by atoms with E-state index in [0.29, 0.717) is 6.42 Å². The molecule has 18 heavy (non-hydrogen) atoms. The molecule has 94 valence electrons. The van der Waals surface area contributed by atoms with Gasteiger partial charge in [-0.25, -0.2) is 4.98 Å². The maximum Gasteiger partial charge on any atom is 0.310 e. The van der Waals surface area contributed by atoms with E-state index in [2.05, 4.69) is 9.55 Å². The number of ether oxygens (including phenoxy) is 1. The highest BCUT2D eigenvalue weighted by atomic mass is 16.5. The Labute approximate surface area is 106 Å². The molecule has 0 N–H and O–H groups in total. The van der Waals surface area contributed by atoms with E-state index in [9.17, 15) is 4.79 Å². The molecule has 3 heterocycles. The zero-order valence-electron chi connectivity index (χ0n) is 10.5. The summed E-state index contributed by atoms with van der Waals surface area (Å²) in [6, 6.07) is 3.97. The number of esters is 1. The molecule has 0 bridgehead atoms. The van der Waals surface area contributed by atoms with Crippen LogP contribution in [-0.4, -0.2) is 22.6 Å². The first-order chi connectivity index (χ1) is 8.81. The zero-order valence-corrected chi connectivity index (χ0v) is 10.5. The molecule has 2 aromatic heterocycles. The van der Waals surface area contributed by atoms with Gasteiger partial charge in [0.15, 0.2) is 0 Å². The smallest absolute Gasteiger partial charge is 0.310 e. The second-order valence-electron chi connectivity index (χ2n) is 4.66. The van der Waals surface area contributed by atoms with E-state index in [1.54, 1.807) is 0 Å². The van der Waals surface area contributed by atoms with E-state index in [-0.39, 0.29) is 5.97 Å². The number of hydrogen-bond acceptors (Lipinski definition) is 3. The van der Waals surface area contributed by atoms with Gasteiger partial charge in [0.05, 0.1) is 13.5 Å². The Morgan fingerprint density at radius 2 is 2.39 bits per heavy atom. The predicted molar refractivity (Wildman–Crippen MR) is 68.4 cm³/mol. The van der Waals surface area contributed by atoms with Gasteiger partial charge in [-0.2, -0.15) is 0 Å². The fraction of sp³-hybridized carbons (Fsp3) is 0.429. The van der Waals surface area contributed by atoms with Gasteiger partial charge in [0.25, 0.3) is 0 Å². The van der Waals surface area contributed by atoms with E-state index >= 15 is 0 Å². The van der Waals surface area contributed by atoms with Crippen molar-refractivity contribution in [3.63, 3.8) is 0 Å². The van der Waals surface area contributed by atoms with E-state index in [0.717, 1.165) is 29.6 Å². The minimum Gasteiger partial charge on any atom is -0.469 e. The van der Waals surface area contributed by atoms with Crippen molar-refractivity contribution in [2.75, 3.05) is 7.11 Å². The van der Waals surface area contributed by atoms with Crippen LogP contribution in [0.4, 0.5) is 0 Å². The molecule has 4 heteroatoms. The number of nitrogens with zero attached hydrogens (tertiary/aromatic N) is 2. The van der Waals surface area contributed by atoms with Gasteiger partial charge in [0, 0.05) is 23.8 Å². The van der Waals surface area contributed by atoms with Crippen LogP contribution in [0.1, 0.15) is 24.1 Å². The number of hydrogen-bond donors (Lipinski definition) is 0. The monoisotopic (exact) mass is 244 g/mol. The van der Waals surface area contributed by atoms with Crippen molar-refractivity contribution in [1.82, 2.24) is 9.55 Å². The Bertz CT molecular complexity index is 601. The van der Waals surface area contributed by atoms with E-state index < -0.39 is 0 Å². The third-order valence-electron chi connectivity index (χ3n) is 3.64. The van der Waals surface area contributed by atoms with Crippen LogP contribution in [0.15, 0.2) is 18.3 Å². The van der Waals surface area contributed by atoms with Gasteiger partial charge in [0.1, 0.15) is 5.65 Å². The topological polar surface area (TPSA) is 44.1 Å². The fourth-order valence-corrected chi connectivity index (χ4v) is 2.80. The van der Waals surface area contributed by atoms with Crippen molar-refractivity contribution in [3.8, 4) is 0 Å².